The van der Waals surface area contributed by atoms with Gasteiger partial charge in [0.05, 0.1) is 21.4 Å². The number of ether oxygens (including phenoxy) is 1. The zero-order chi connectivity index (χ0) is 19.1. The van der Waals surface area contributed by atoms with Gasteiger partial charge in [-0.25, -0.2) is 9.48 Å². The highest BCUT2D eigenvalue weighted by molar-refractivity contribution is 8.01. The molecule has 0 saturated carbocycles. The number of carboxylic acids is 1. The number of carbonyl (C=O) groups is 2. The van der Waals surface area contributed by atoms with Gasteiger partial charge in [0.2, 0.25) is 5.16 Å². The van der Waals surface area contributed by atoms with Crippen LogP contribution in [0.5, 0.6) is 0 Å². The van der Waals surface area contributed by atoms with Crippen LogP contribution in [0, 0.1) is 0 Å². The lowest BCUT2D eigenvalue weighted by atomic mass is 10.00. The van der Waals surface area contributed by atoms with Crippen molar-refractivity contribution in [3.8, 4) is 0 Å². The standard InChI is InChI=1S/C13H19N6O4PS2/c1-18-12(14-16-17-18)26-6-7-5-25-11-13(23-2,15-24(3)4)10(22)19(11)8(7)9(20)21/h11,15H,5-6H2,1-4H3,(H,20,21)/p+1/t11-,13-/m0/s1. The van der Waals surface area contributed by atoms with E-state index in [2.05, 4.69) is 20.6 Å². The fourth-order valence-corrected chi connectivity index (χ4v) is 6.54. The number of β-lactam (4-membered cyclic amide) rings is 1. The first-order valence-corrected chi connectivity index (χ1v) is 12.2. The molecule has 1 aromatic rings. The van der Waals surface area contributed by atoms with E-state index in [4.69, 9.17) is 4.74 Å². The van der Waals surface area contributed by atoms with E-state index in [9.17, 15) is 14.7 Å². The molecule has 1 fully saturated rings. The van der Waals surface area contributed by atoms with E-state index >= 15 is 0 Å². The van der Waals surface area contributed by atoms with E-state index in [0.29, 0.717) is 22.2 Å². The van der Waals surface area contributed by atoms with Crippen molar-refractivity contribution in [3.05, 3.63) is 11.3 Å². The highest BCUT2D eigenvalue weighted by Gasteiger charge is 2.67. The first-order chi connectivity index (χ1) is 12.3. The molecule has 2 aliphatic rings. The fraction of sp³-hybridized carbons (Fsp3) is 0.615. The maximum atomic E-state index is 12.8. The van der Waals surface area contributed by atoms with E-state index in [1.165, 1.54) is 40.2 Å². The third kappa shape index (κ3) is 3.13. The number of fused-ring (bicyclic) bond motifs is 1. The molecule has 0 unspecified atom stereocenters. The van der Waals surface area contributed by atoms with E-state index in [-0.39, 0.29) is 11.6 Å². The maximum absolute atomic E-state index is 12.8. The number of rotatable bonds is 7. The largest absolute Gasteiger partial charge is 0.477 e. The number of tetrazole rings is 1. The molecular weight excluding hydrogens is 399 g/mol. The number of nitrogens with zero attached hydrogens (tertiary/aromatic N) is 5. The Balaban J connectivity index is 1.86. The molecule has 3 rings (SSSR count). The number of hydrogen-bond donors (Lipinski definition) is 2. The summed E-state index contributed by atoms with van der Waals surface area (Å²) in [5, 5.41) is 24.4. The first kappa shape index (κ1) is 19.6. The highest BCUT2D eigenvalue weighted by Crippen LogP contribution is 2.49. The van der Waals surface area contributed by atoms with E-state index in [1.807, 2.05) is 13.3 Å². The molecule has 2 N–H and O–H groups in total. The van der Waals surface area contributed by atoms with Gasteiger partial charge in [0.1, 0.15) is 11.1 Å². The summed E-state index contributed by atoms with van der Waals surface area (Å²) in [6.07, 6.45) is 0. The van der Waals surface area contributed by atoms with E-state index in [0.717, 1.165) is 0 Å². The molecule has 2 atom stereocenters. The van der Waals surface area contributed by atoms with Crippen LogP contribution in [0.25, 0.3) is 0 Å². The van der Waals surface area contributed by atoms with Crippen LogP contribution in [-0.4, -0.2) is 85.1 Å². The maximum Gasteiger partial charge on any atom is 0.352 e. The Labute approximate surface area is 159 Å². The van der Waals surface area contributed by atoms with Gasteiger partial charge in [0, 0.05) is 25.7 Å². The minimum absolute atomic E-state index is 0.0387. The Morgan fingerprint density at radius 1 is 1.58 bits per heavy atom. The number of carbonyl (C=O) groups excluding carboxylic acids is 1. The zero-order valence-corrected chi connectivity index (χ0v) is 17.3. The zero-order valence-electron chi connectivity index (χ0n) is 14.7. The Morgan fingerprint density at radius 3 is 2.85 bits per heavy atom. The quantitative estimate of drug-likeness (QED) is 0.268. The molecule has 3 heterocycles. The number of aryl methyl sites for hydroxylation is 1. The van der Waals surface area contributed by atoms with Crippen LogP contribution in [0.15, 0.2) is 16.4 Å². The van der Waals surface area contributed by atoms with Crippen LogP contribution in [0.1, 0.15) is 0 Å². The molecule has 142 valence electrons. The summed E-state index contributed by atoms with van der Waals surface area (Å²) in [7, 11) is 2.22. The average molecular weight is 419 g/mol. The van der Waals surface area contributed by atoms with Crippen LogP contribution in [-0.2, 0) is 21.4 Å². The molecule has 1 saturated heterocycles. The number of carboxylic acid groups (broad SMARTS) is 1. The van der Waals surface area contributed by atoms with Gasteiger partial charge < -0.3 is 9.84 Å². The number of nitrogens with one attached hydrogen (secondary N) is 1. The highest BCUT2D eigenvalue weighted by atomic mass is 32.2. The van der Waals surface area contributed by atoms with Crippen molar-refractivity contribution in [1.29, 1.82) is 0 Å². The predicted molar refractivity (Wildman–Crippen MR) is 100 cm³/mol. The van der Waals surface area contributed by atoms with Gasteiger partial charge in [0.15, 0.2) is 0 Å². The summed E-state index contributed by atoms with van der Waals surface area (Å²) < 4.78 is 7.03. The molecule has 0 aromatic carbocycles. The van der Waals surface area contributed by atoms with Crippen LogP contribution in [0.2, 0.25) is 0 Å². The number of amides is 1. The van der Waals surface area contributed by atoms with Gasteiger partial charge in [0.25, 0.3) is 11.6 Å². The van der Waals surface area contributed by atoms with Crippen molar-refractivity contribution in [2.75, 3.05) is 31.9 Å². The molecule has 1 aromatic heterocycles. The normalized spacial score (nSPS) is 25.5. The average Bonchev–Trinajstić information content (AvgIpc) is 3.01. The summed E-state index contributed by atoms with van der Waals surface area (Å²) in [4.78, 5) is 26.0. The minimum Gasteiger partial charge on any atom is -0.477 e. The fourth-order valence-electron chi connectivity index (χ4n) is 2.92. The number of methoxy groups -OCH3 is 1. The van der Waals surface area contributed by atoms with Crippen LogP contribution >= 0.6 is 31.6 Å². The molecule has 10 nitrogen and oxygen atoms in total. The summed E-state index contributed by atoms with van der Waals surface area (Å²) in [6, 6.07) is 0. The first-order valence-electron chi connectivity index (χ1n) is 7.71. The van der Waals surface area contributed by atoms with Crippen molar-refractivity contribution in [2.45, 2.75) is 16.3 Å². The van der Waals surface area contributed by atoms with Crippen molar-refractivity contribution < 1.29 is 19.4 Å². The topological polar surface area (TPSA) is 122 Å². The molecule has 2 aliphatic heterocycles. The lowest BCUT2D eigenvalue weighted by molar-refractivity contribution is -0.186. The van der Waals surface area contributed by atoms with E-state index in [1.54, 1.807) is 7.05 Å². The summed E-state index contributed by atoms with van der Waals surface area (Å²) in [6.45, 7) is 4.03. The Bertz CT molecular complexity index is 772. The van der Waals surface area contributed by atoms with Gasteiger partial charge in [-0.2, -0.15) is 5.09 Å². The van der Waals surface area contributed by atoms with Gasteiger partial charge in [-0.3, -0.25) is 9.69 Å². The molecular formula is C13H20N6O4PS2+. The second-order valence-electron chi connectivity index (χ2n) is 6.03. The van der Waals surface area contributed by atoms with Crippen LogP contribution in [0.3, 0.4) is 0 Å². The molecule has 0 spiro atoms. The number of aliphatic carboxylic acids is 1. The molecule has 0 bridgehead atoms. The molecule has 0 radical (unpaired) electrons. The summed E-state index contributed by atoms with van der Waals surface area (Å²) in [5.41, 5.74) is -0.435. The third-order valence-corrected chi connectivity index (χ3v) is 7.37. The van der Waals surface area contributed by atoms with Crippen molar-refractivity contribution in [2.24, 2.45) is 7.05 Å². The van der Waals surface area contributed by atoms with Crippen molar-refractivity contribution in [1.82, 2.24) is 30.2 Å². The van der Waals surface area contributed by atoms with Gasteiger partial charge in [-0.15, -0.1) is 16.9 Å². The Morgan fingerprint density at radius 2 is 2.31 bits per heavy atom. The number of thioether (sulfide) groups is 2. The van der Waals surface area contributed by atoms with Crippen LogP contribution < -0.4 is 5.09 Å². The monoisotopic (exact) mass is 419 g/mol. The molecule has 1 amide bonds. The lowest BCUT2D eigenvalue weighted by Crippen LogP contribution is -2.79. The smallest absolute Gasteiger partial charge is 0.352 e. The predicted octanol–water partition coefficient (Wildman–Crippen LogP) is -0.123. The Kier molecular flexibility index (Phi) is 5.59. The summed E-state index contributed by atoms with van der Waals surface area (Å²) >= 11 is 2.84. The summed E-state index contributed by atoms with van der Waals surface area (Å²) in [5.74, 6) is -0.581. The van der Waals surface area contributed by atoms with Gasteiger partial charge in [-0.1, -0.05) is 11.8 Å². The Hall–Kier alpha value is -1.20. The van der Waals surface area contributed by atoms with E-state index < -0.39 is 25.1 Å². The molecule has 13 heteroatoms. The van der Waals surface area contributed by atoms with Crippen molar-refractivity contribution >= 4 is 43.5 Å². The molecule has 26 heavy (non-hydrogen) atoms. The lowest BCUT2D eigenvalue weighted by Gasteiger charge is -2.55. The van der Waals surface area contributed by atoms with Crippen molar-refractivity contribution in [3.63, 3.8) is 0 Å². The third-order valence-electron chi connectivity index (χ3n) is 4.03. The molecule has 0 aliphatic carbocycles. The van der Waals surface area contributed by atoms with Crippen LogP contribution in [0.4, 0.5) is 0 Å². The SMILES string of the molecule is CO[C@@]1(N[PH+](C)C)C(=O)N2C(C(=O)O)=C(CSc3nnnn3C)CS[C@H]21. The number of aromatic nitrogens is 4. The minimum atomic E-state index is -1.14. The van der Waals surface area contributed by atoms with Gasteiger partial charge in [-0.05, 0) is 16.0 Å². The second kappa shape index (κ2) is 7.43. The number of hydrogen-bond acceptors (Lipinski definition) is 9. The second-order valence-corrected chi connectivity index (χ2v) is 10.3. The van der Waals surface area contributed by atoms with Gasteiger partial charge >= 0.3 is 5.97 Å².